The van der Waals surface area contributed by atoms with Crippen LogP contribution < -0.4 is 20.7 Å². The molecule has 11 heteroatoms. The van der Waals surface area contributed by atoms with Crippen molar-refractivity contribution in [3.8, 4) is 5.75 Å². The van der Waals surface area contributed by atoms with Crippen LogP contribution in [0.4, 0.5) is 27.9 Å². The molecule has 0 spiro atoms. The number of anilines is 4. The van der Waals surface area contributed by atoms with Gasteiger partial charge in [0.1, 0.15) is 0 Å². The van der Waals surface area contributed by atoms with E-state index in [1.165, 1.54) is 46.0 Å². The minimum absolute atomic E-state index is 0.165. The highest BCUT2D eigenvalue weighted by molar-refractivity contribution is 5.71. The molecular weight excluding hydrogens is 465 g/mol. The second-order valence-electron chi connectivity index (χ2n) is 9.38. The molecule has 2 aliphatic rings. The highest BCUT2D eigenvalue weighted by Gasteiger charge is 2.22. The van der Waals surface area contributed by atoms with Crippen molar-refractivity contribution in [1.82, 2.24) is 19.9 Å². The van der Waals surface area contributed by atoms with Gasteiger partial charge in [-0.1, -0.05) is 25.7 Å². The maximum absolute atomic E-state index is 14.2. The van der Waals surface area contributed by atoms with Crippen molar-refractivity contribution in [3.63, 3.8) is 0 Å². The van der Waals surface area contributed by atoms with Crippen LogP contribution in [0.5, 0.6) is 5.75 Å². The molecule has 2 aromatic rings. The monoisotopic (exact) mass is 501 g/mol. The zero-order valence-electron chi connectivity index (χ0n) is 21.1. The fourth-order valence-electron chi connectivity index (χ4n) is 4.71. The third kappa shape index (κ3) is 7.39. The first kappa shape index (κ1) is 25.9. The molecule has 0 atom stereocenters. The average Bonchev–Trinajstić information content (AvgIpc) is 3.14. The molecule has 1 aromatic carbocycles. The van der Waals surface area contributed by atoms with E-state index in [4.69, 9.17) is 9.47 Å². The number of methoxy groups -OCH3 is 2. The first-order chi connectivity index (χ1) is 17.5. The van der Waals surface area contributed by atoms with Crippen molar-refractivity contribution >= 4 is 29.5 Å². The number of likely N-dealkylation sites (tertiary alicyclic amines) is 1. The highest BCUT2D eigenvalue weighted by Crippen LogP contribution is 2.25. The Morgan fingerprint density at radius 1 is 0.944 bits per heavy atom. The number of esters is 1. The summed E-state index contributed by atoms with van der Waals surface area (Å²) in [5.74, 6) is 0.774. The predicted molar refractivity (Wildman–Crippen MR) is 136 cm³/mol. The van der Waals surface area contributed by atoms with Crippen molar-refractivity contribution in [2.75, 3.05) is 49.8 Å². The average molecular weight is 502 g/mol. The van der Waals surface area contributed by atoms with E-state index >= 15 is 0 Å². The van der Waals surface area contributed by atoms with Crippen molar-refractivity contribution in [2.45, 2.75) is 63.5 Å². The van der Waals surface area contributed by atoms with E-state index in [0.717, 1.165) is 38.8 Å². The summed E-state index contributed by atoms with van der Waals surface area (Å²) in [6, 6.07) is 5.11. The summed E-state index contributed by atoms with van der Waals surface area (Å²) in [4.78, 5) is 27.4. The molecule has 0 bridgehead atoms. The quantitative estimate of drug-likeness (QED) is 0.345. The normalized spacial score (nSPS) is 17.8. The molecule has 36 heavy (non-hydrogen) atoms. The van der Waals surface area contributed by atoms with Gasteiger partial charge in [0, 0.05) is 36.9 Å². The van der Waals surface area contributed by atoms with Gasteiger partial charge in [0.25, 0.3) is 0 Å². The fourth-order valence-corrected chi connectivity index (χ4v) is 4.71. The number of aromatic nitrogens is 3. The molecule has 10 nitrogen and oxygen atoms in total. The lowest BCUT2D eigenvalue weighted by Crippen LogP contribution is -2.42. The number of carbonyl (C=O) groups is 1. The number of ether oxygens (including phenoxy) is 2. The lowest BCUT2D eigenvalue weighted by molar-refractivity contribution is -0.142. The van der Waals surface area contributed by atoms with Crippen LogP contribution >= 0.6 is 0 Å². The van der Waals surface area contributed by atoms with Crippen LogP contribution in [-0.2, 0) is 9.53 Å². The molecule has 3 N–H and O–H groups in total. The van der Waals surface area contributed by atoms with E-state index in [-0.39, 0.29) is 17.8 Å². The van der Waals surface area contributed by atoms with Crippen molar-refractivity contribution in [3.05, 3.63) is 24.0 Å². The molecule has 0 amide bonds. The van der Waals surface area contributed by atoms with Gasteiger partial charge in [0.2, 0.25) is 17.8 Å². The Labute approximate surface area is 211 Å². The Morgan fingerprint density at radius 2 is 1.56 bits per heavy atom. The maximum atomic E-state index is 14.2. The second kappa shape index (κ2) is 12.7. The zero-order valence-corrected chi connectivity index (χ0v) is 21.1. The minimum Gasteiger partial charge on any atom is -0.494 e. The Hall–Kier alpha value is -3.21. The summed E-state index contributed by atoms with van der Waals surface area (Å²) in [5, 5.41) is 10.0. The topological polar surface area (TPSA) is 114 Å². The molecule has 4 rings (SSSR count). The Balaban J connectivity index is 1.47. The van der Waals surface area contributed by atoms with Crippen LogP contribution in [-0.4, -0.2) is 71.8 Å². The molecule has 0 unspecified atom stereocenters. The van der Waals surface area contributed by atoms with E-state index < -0.39 is 5.82 Å². The van der Waals surface area contributed by atoms with Crippen LogP contribution in [0.15, 0.2) is 18.2 Å². The van der Waals surface area contributed by atoms with E-state index in [1.54, 1.807) is 12.1 Å². The number of hydrogen-bond donors (Lipinski definition) is 3. The Kier molecular flexibility index (Phi) is 9.10. The van der Waals surface area contributed by atoms with Crippen LogP contribution in [0.2, 0.25) is 0 Å². The minimum atomic E-state index is -0.467. The summed E-state index contributed by atoms with van der Waals surface area (Å²) < 4.78 is 24.0. The Bertz CT molecular complexity index is 1010. The lowest BCUT2D eigenvalue weighted by atomic mass is 10.1. The SMILES string of the molecule is COC(=O)CN1CCC(Nc2nc(Nc3ccc(OC)c(F)c3)nc(NC3CCCCCC3)n2)CC1. The number of halogens is 1. The molecule has 1 saturated heterocycles. The second-order valence-corrected chi connectivity index (χ2v) is 9.38. The van der Waals surface area contributed by atoms with Crippen LogP contribution in [0.3, 0.4) is 0 Å². The van der Waals surface area contributed by atoms with Crippen LogP contribution in [0.25, 0.3) is 0 Å². The molecule has 1 aliphatic carbocycles. The van der Waals surface area contributed by atoms with E-state index in [0.29, 0.717) is 36.1 Å². The molecule has 1 aromatic heterocycles. The van der Waals surface area contributed by atoms with Crippen LogP contribution in [0.1, 0.15) is 51.4 Å². The highest BCUT2D eigenvalue weighted by atomic mass is 19.1. The van der Waals surface area contributed by atoms with Gasteiger partial charge in [0.05, 0.1) is 20.8 Å². The van der Waals surface area contributed by atoms with Gasteiger partial charge in [-0.2, -0.15) is 15.0 Å². The van der Waals surface area contributed by atoms with Gasteiger partial charge in [-0.25, -0.2) is 4.39 Å². The Morgan fingerprint density at radius 3 is 2.14 bits per heavy atom. The number of nitrogens with one attached hydrogen (secondary N) is 3. The largest absolute Gasteiger partial charge is 0.494 e. The van der Waals surface area contributed by atoms with Gasteiger partial charge >= 0.3 is 5.97 Å². The number of nitrogens with zero attached hydrogens (tertiary/aromatic N) is 4. The van der Waals surface area contributed by atoms with Crippen molar-refractivity contribution in [1.29, 1.82) is 0 Å². The number of piperidine rings is 1. The number of rotatable bonds is 9. The molecule has 0 radical (unpaired) electrons. The standard InChI is InChI=1S/C25H36FN7O3/c1-35-21-10-9-19(15-20(21)26)29-25-31-23(27-17-7-5-3-4-6-8-17)30-24(32-25)28-18-11-13-33(14-12-18)16-22(34)36-2/h9-10,15,17-18H,3-8,11-14,16H2,1-2H3,(H3,27,28,29,30,31,32). The first-order valence-corrected chi connectivity index (χ1v) is 12.7. The van der Waals surface area contributed by atoms with Crippen molar-refractivity contribution < 1.29 is 18.7 Å². The summed E-state index contributed by atoms with van der Waals surface area (Å²) in [7, 11) is 2.84. The molecule has 196 valence electrons. The number of carbonyl (C=O) groups excluding carboxylic acids is 1. The zero-order chi connectivity index (χ0) is 25.3. The third-order valence-electron chi connectivity index (χ3n) is 6.73. The first-order valence-electron chi connectivity index (χ1n) is 12.7. The van der Waals surface area contributed by atoms with Crippen LogP contribution in [0, 0.1) is 5.82 Å². The summed E-state index contributed by atoms with van der Waals surface area (Å²) >= 11 is 0. The van der Waals surface area contributed by atoms with Crippen molar-refractivity contribution in [2.24, 2.45) is 0 Å². The van der Waals surface area contributed by atoms with E-state index in [2.05, 4.69) is 35.8 Å². The lowest BCUT2D eigenvalue weighted by Gasteiger charge is -2.31. The molecule has 2 fully saturated rings. The van der Waals surface area contributed by atoms with Gasteiger partial charge in [-0.15, -0.1) is 0 Å². The fraction of sp³-hybridized carbons (Fsp3) is 0.600. The number of hydrogen-bond acceptors (Lipinski definition) is 10. The van der Waals surface area contributed by atoms with E-state index in [9.17, 15) is 9.18 Å². The summed E-state index contributed by atoms with van der Waals surface area (Å²) in [6.07, 6.45) is 8.75. The molecule has 1 aliphatic heterocycles. The predicted octanol–water partition coefficient (Wildman–Crippen LogP) is 3.95. The summed E-state index contributed by atoms with van der Waals surface area (Å²) in [6.45, 7) is 1.86. The maximum Gasteiger partial charge on any atom is 0.319 e. The molecular formula is C25H36FN7O3. The smallest absolute Gasteiger partial charge is 0.319 e. The third-order valence-corrected chi connectivity index (χ3v) is 6.73. The molecule has 2 heterocycles. The summed E-state index contributed by atoms with van der Waals surface area (Å²) in [5.41, 5.74) is 0.516. The van der Waals surface area contributed by atoms with Gasteiger partial charge in [-0.05, 0) is 37.8 Å². The van der Waals surface area contributed by atoms with Gasteiger partial charge in [0.15, 0.2) is 11.6 Å². The van der Waals surface area contributed by atoms with E-state index in [1.807, 2.05) is 0 Å². The molecule has 1 saturated carbocycles. The van der Waals surface area contributed by atoms with Gasteiger partial charge in [-0.3, -0.25) is 9.69 Å². The number of benzene rings is 1. The van der Waals surface area contributed by atoms with Gasteiger partial charge < -0.3 is 25.4 Å².